The lowest BCUT2D eigenvalue weighted by Crippen LogP contribution is -2.05. The van der Waals surface area contributed by atoms with Crippen molar-refractivity contribution in [1.82, 2.24) is 4.98 Å². The highest BCUT2D eigenvalue weighted by molar-refractivity contribution is 5.14. The molecule has 0 N–H and O–H groups in total. The quantitative estimate of drug-likeness (QED) is 0.617. The molecule has 0 saturated carbocycles. The highest BCUT2D eigenvalue weighted by atomic mass is 16.5. The third kappa shape index (κ3) is 2.05. The maximum atomic E-state index is 5.33. The third-order valence-electron chi connectivity index (χ3n) is 0.960. The van der Waals surface area contributed by atoms with Crippen LogP contribution in [0, 0.1) is 6.20 Å². The molecular weight excluding hydrogens is 126 g/mol. The molecule has 1 rings (SSSR count). The van der Waals surface area contributed by atoms with Crippen molar-refractivity contribution >= 4 is 0 Å². The van der Waals surface area contributed by atoms with Crippen LogP contribution in [-0.2, 0) is 0 Å². The number of nitrogens with zero attached hydrogens (tertiary/aromatic N) is 1. The first-order valence-corrected chi connectivity index (χ1v) is 3.28. The Hall–Kier alpha value is -1.05. The van der Waals surface area contributed by atoms with Crippen LogP contribution in [0.2, 0.25) is 0 Å². The molecule has 0 atom stereocenters. The van der Waals surface area contributed by atoms with E-state index in [0.717, 1.165) is 5.75 Å². The molecule has 53 valence electrons. The van der Waals surface area contributed by atoms with Crippen molar-refractivity contribution in [3.05, 3.63) is 24.5 Å². The maximum Gasteiger partial charge on any atom is 0.138 e. The molecule has 0 aromatic carbocycles. The van der Waals surface area contributed by atoms with E-state index in [1.165, 1.54) is 0 Å². The Morgan fingerprint density at radius 1 is 1.60 bits per heavy atom. The fraction of sp³-hybridized carbons (Fsp3) is 0.375. The van der Waals surface area contributed by atoms with E-state index in [2.05, 4.69) is 11.2 Å². The summed E-state index contributed by atoms with van der Waals surface area (Å²) in [6.45, 7) is 3.97. The normalized spacial score (nSPS) is 9.90. The van der Waals surface area contributed by atoms with Crippen LogP contribution < -0.4 is 4.74 Å². The lowest BCUT2D eigenvalue weighted by Gasteiger charge is -2.07. The Morgan fingerprint density at radius 2 is 2.40 bits per heavy atom. The summed E-state index contributed by atoms with van der Waals surface area (Å²) < 4.78 is 5.33. The van der Waals surface area contributed by atoms with Gasteiger partial charge in [-0.1, -0.05) is 0 Å². The van der Waals surface area contributed by atoms with Crippen LogP contribution in [0.1, 0.15) is 13.8 Å². The van der Waals surface area contributed by atoms with Crippen LogP contribution in [0.3, 0.4) is 0 Å². The lowest BCUT2D eigenvalue weighted by molar-refractivity contribution is 0.241. The largest absolute Gasteiger partial charge is 0.489 e. The molecule has 0 spiro atoms. The zero-order chi connectivity index (χ0) is 7.40. The minimum absolute atomic E-state index is 0.212. The zero-order valence-electron chi connectivity index (χ0n) is 6.16. The molecular formula is C8H10NO. The van der Waals surface area contributed by atoms with E-state index in [4.69, 9.17) is 4.74 Å². The molecule has 0 saturated heterocycles. The molecule has 0 fully saturated rings. The predicted molar refractivity (Wildman–Crippen MR) is 38.8 cm³/mol. The van der Waals surface area contributed by atoms with Gasteiger partial charge in [0.25, 0.3) is 0 Å². The molecule has 0 bridgehead atoms. The third-order valence-corrected chi connectivity index (χ3v) is 0.960. The van der Waals surface area contributed by atoms with Gasteiger partial charge < -0.3 is 4.74 Å². The van der Waals surface area contributed by atoms with E-state index >= 15 is 0 Å². The SMILES string of the molecule is CC(C)Oc1cc[c]nc1. The summed E-state index contributed by atoms with van der Waals surface area (Å²) in [5.74, 6) is 0.800. The van der Waals surface area contributed by atoms with E-state index in [9.17, 15) is 0 Å². The van der Waals surface area contributed by atoms with Crippen LogP contribution >= 0.6 is 0 Å². The van der Waals surface area contributed by atoms with Crippen molar-refractivity contribution in [2.45, 2.75) is 20.0 Å². The van der Waals surface area contributed by atoms with Crippen molar-refractivity contribution in [2.75, 3.05) is 0 Å². The van der Waals surface area contributed by atoms with Gasteiger partial charge in [-0.2, -0.15) is 0 Å². The van der Waals surface area contributed by atoms with E-state index in [-0.39, 0.29) is 6.10 Å². The van der Waals surface area contributed by atoms with Gasteiger partial charge in [-0.15, -0.1) is 0 Å². The first-order chi connectivity index (χ1) is 4.79. The number of rotatable bonds is 2. The summed E-state index contributed by atoms with van der Waals surface area (Å²) in [4.78, 5) is 3.79. The monoisotopic (exact) mass is 136 g/mol. The number of ether oxygens (including phenoxy) is 1. The molecule has 2 nitrogen and oxygen atoms in total. The Kier molecular flexibility index (Phi) is 2.26. The molecule has 2 heteroatoms. The Morgan fingerprint density at radius 3 is 2.90 bits per heavy atom. The smallest absolute Gasteiger partial charge is 0.138 e. The molecule has 1 radical (unpaired) electrons. The van der Waals surface area contributed by atoms with Gasteiger partial charge >= 0.3 is 0 Å². The van der Waals surface area contributed by atoms with Crippen LogP contribution in [-0.4, -0.2) is 11.1 Å². The van der Waals surface area contributed by atoms with Crippen LogP contribution in [0.5, 0.6) is 5.75 Å². The van der Waals surface area contributed by atoms with Gasteiger partial charge in [0.15, 0.2) is 0 Å². The van der Waals surface area contributed by atoms with Gasteiger partial charge in [0.05, 0.1) is 18.5 Å². The topological polar surface area (TPSA) is 22.1 Å². The van der Waals surface area contributed by atoms with Crippen molar-refractivity contribution in [3.8, 4) is 5.75 Å². The van der Waals surface area contributed by atoms with E-state index in [0.29, 0.717) is 0 Å². The average molecular weight is 136 g/mol. The van der Waals surface area contributed by atoms with Crippen LogP contribution in [0.4, 0.5) is 0 Å². The summed E-state index contributed by atoms with van der Waals surface area (Å²) in [7, 11) is 0. The first kappa shape index (κ1) is 7.06. The van der Waals surface area contributed by atoms with Gasteiger partial charge in [-0.05, 0) is 26.0 Å². The second kappa shape index (κ2) is 3.20. The second-order valence-corrected chi connectivity index (χ2v) is 2.29. The highest BCUT2D eigenvalue weighted by Crippen LogP contribution is 2.07. The van der Waals surface area contributed by atoms with Crippen LogP contribution in [0.15, 0.2) is 18.3 Å². The molecule has 0 aliphatic carbocycles. The molecule has 0 aliphatic rings. The first-order valence-electron chi connectivity index (χ1n) is 3.28. The molecule has 0 aliphatic heterocycles. The second-order valence-electron chi connectivity index (χ2n) is 2.29. The fourth-order valence-electron chi connectivity index (χ4n) is 0.648. The number of hydrogen-bond acceptors (Lipinski definition) is 2. The van der Waals surface area contributed by atoms with Crippen molar-refractivity contribution < 1.29 is 4.74 Å². The molecule has 0 amide bonds. The molecule has 0 unspecified atom stereocenters. The number of aromatic nitrogens is 1. The van der Waals surface area contributed by atoms with E-state index < -0.39 is 0 Å². The van der Waals surface area contributed by atoms with Crippen molar-refractivity contribution in [1.29, 1.82) is 0 Å². The minimum atomic E-state index is 0.212. The number of hydrogen-bond donors (Lipinski definition) is 0. The average Bonchev–Trinajstić information content (AvgIpc) is 1.88. The summed E-state index contributed by atoms with van der Waals surface area (Å²) >= 11 is 0. The maximum absolute atomic E-state index is 5.33. The van der Waals surface area contributed by atoms with Gasteiger partial charge in [-0.3, -0.25) is 4.98 Å². The summed E-state index contributed by atoms with van der Waals surface area (Å²) in [6.07, 6.45) is 4.54. The van der Waals surface area contributed by atoms with Gasteiger partial charge in [0, 0.05) is 0 Å². The molecule has 10 heavy (non-hydrogen) atoms. The van der Waals surface area contributed by atoms with Crippen LogP contribution in [0.25, 0.3) is 0 Å². The molecule has 1 aromatic heterocycles. The minimum Gasteiger partial charge on any atom is -0.489 e. The van der Waals surface area contributed by atoms with E-state index in [1.807, 2.05) is 19.9 Å². The van der Waals surface area contributed by atoms with E-state index in [1.54, 1.807) is 12.3 Å². The lowest BCUT2D eigenvalue weighted by atomic mass is 10.4. The Bertz CT molecular complexity index is 184. The summed E-state index contributed by atoms with van der Waals surface area (Å²) in [5, 5.41) is 0. The zero-order valence-corrected chi connectivity index (χ0v) is 6.16. The number of pyridine rings is 1. The predicted octanol–water partition coefficient (Wildman–Crippen LogP) is 1.67. The van der Waals surface area contributed by atoms with Crippen molar-refractivity contribution in [2.24, 2.45) is 0 Å². The standard InChI is InChI=1S/C8H10NO/c1-7(2)10-8-4-3-5-9-6-8/h3-4,6-7H,1-2H3. The summed E-state index contributed by atoms with van der Waals surface area (Å²) in [6, 6.07) is 3.57. The van der Waals surface area contributed by atoms with Gasteiger partial charge in [-0.25, -0.2) is 0 Å². The van der Waals surface area contributed by atoms with Gasteiger partial charge in [0.2, 0.25) is 0 Å². The fourth-order valence-corrected chi connectivity index (χ4v) is 0.648. The Balaban J connectivity index is 2.59. The summed E-state index contributed by atoms with van der Waals surface area (Å²) in [5.41, 5.74) is 0. The highest BCUT2D eigenvalue weighted by Gasteiger charge is 1.93. The Labute approximate surface area is 60.9 Å². The van der Waals surface area contributed by atoms with Gasteiger partial charge in [0.1, 0.15) is 5.75 Å². The molecule has 1 aromatic rings. The van der Waals surface area contributed by atoms with Crippen molar-refractivity contribution in [3.63, 3.8) is 0 Å². The molecule has 1 heterocycles.